The average Bonchev–Trinajstić information content (AvgIpc) is 2.65. The molecule has 2 nitrogen and oxygen atoms in total. The predicted molar refractivity (Wildman–Crippen MR) is 114 cm³/mol. The number of alkyl halides is 1. The number of hydrogen-bond donors (Lipinski definition) is 0. The van der Waals surface area contributed by atoms with Crippen LogP contribution in [-0.2, 0) is 4.79 Å². The Kier molecular flexibility index (Phi) is 5.83. The zero-order chi connectivity index (χ0) is 19.1. The van der Waals surface area contributed by atoms with Crippen LogP contribution in [0, 0.1) is 5.41 Å². The summed E-state index contributed by atoms with van der Waals surface area (Å²) in [5.74, 6) is -0.107. The van der Waals surface area contributed by atoms with Crippen molar-refractivity contribution in [3.63, 3.8) is 0 Å². The van der Waals surface area contributed by atoms with Gasteiger partial charge in [0, 0.05) is 22.3 Å². The highest BCUT2D eigenvalue weighted by molar-refractivity contribution is 8.02. The Morgan fingerprint density at radius 2 is 1.77 bits per heavy atom. The molecule has 1 amide bonds. The van der Waals surface area contributed by atoms with E-state index in [0.717, 1.165) is 16.8 Å². The van der Waals surface area contributed by atoms with Gasteiger partial charge >= 0.3 is 0 Å². The summed E-state index contributed by atoms with van der Waals surface area (Å²) in [4.78, 5) is 14.8. The summed E-state index contributed by atoms with van der Waals surface area (Å²) in [7, 11) is 0. The molecule has 6 heteroatoms. The number of benzene rings is 2. The third kappa shape index (κ3) is 4.17. The summed E-state index contributed by atoms with van der Waals surface area (Å²) in [6, 6.07) is 13.3. The summed E-state index contributed by atoms with van der Waals surface area (Å²) in [5.41, 5.74) is 2.66. The van der Waals surface area contributed by atoms with Crippen LogP contribution in [0.1, 0.15) is 37.1 Å². The van der Waals surface area contributed by atoms with Crippen LogP contribution in [0.2, 0.25) is 10.0 Å². The molecule has 1 heterocycles. The van der Waals surface area contributed by atoms with E-state index in [1.54, 1.807) is 4.90 Å². The monoisotopic (exact) mass is 427 g/mol. The lowest BCUT2D eigenvalue weighted by molar-refractivity contribution is -0.117. The van der Waals surface area contributed by atoms with Gasteiger partial charge in [-0.15, -0.1) is 23.4 Å². The van der Waals surface area contributed by atoms with Crippen molar-refractivity contribution in [3.05, 3.63) is 63.6 Å². The molecule has 2 aromatic carbocycles. The summed E-state index contributed by atoms with van der Waals surface area (Å²) >= 11 is 20.7. The molecule has 0 N–H and O–H groups in total. The number of amides is 1. The van der Waals surface area contributed by atoms with Crippen LogP contribution in [0.25, 0.3) is 0 Å². The quantitative estimate of drug-likeness (QED) is 0.492. The van der Waals surface area contributed by atoms with Gasteiger partial charge in [-0.3, -0.25) is 4.79 Å². The lowest BCUT2D eigenvalue weighted by Gasteiger charge is -2.31. The Hall–Kier alpha value is -0.870. The van der Waals surface area contributed by atoms with Gasteiger partial charge in [-0.2, -0.15) is 0 Å². The van der Waals surface area contributed by atoms with Crippen LogP contribution in [0.5, 0.6) is 0 Å². The predicted octanol–water partition coefficient (Wildman–Crippen LogP) is 6.77. The molecule has 0 aliphatic carbocycles. The number of halogens is 3. The maximum Gasteiger partial charge on any atom is 0.255 e. The molecule has 1 aliphatic rings. The molecule has 2 aromatic rings. The number of anilines is 1. The van der Waals surface area contributed by atoms with Crippen LogP contribution in [-0.4, -0.2) is 17.2 Å². The first-order chi connectivity index (χ1) is 12.2. The maximum absolute atomic E-state index is 13.0. The fraction of sp³-hybridized carbons (Fsp3) is 0.350. The van der Waals surface area contributed by atoms with Gasteiger partial charge < -0.3 is 4.90 Å². The largest absolute Gasteiger partial charge is 0.310 e. The van der Waals surface area contributed by atoms with Crippen molar-refractivity contribution in [2.24, 2.45) is 5.41 Å². The Morgan fingerprint density at radius 3 is 2.42 bits per heavy atom. The first-order valence-electron chi connectivity index (χ1n) is 8.32. The van der Waals surface area contributed by atoms with E-state index in [4.69, 9.17) is 34.8 Å². The van der Waals surface area contributed by atoms with Crippen LogP contribution < -0.4 is 4.90 Å². The Morgan fingerprint density at radius 1 is 1.08 bits per heavy atom. The van der Waals surface area contributed by atoms with Gasteiger partial charge in [-0.25, -0.2) is 0 Å². The topological polar surface area (TPSA) is 20.3 Å². The van der Waals surface area contributed by atoms with Crippen molar-refractivity contribution < 1.29 is 4.79 Å². The molecule has 138 valence electrons. The molecule has 0 saturated carbocycles. The standard InChI is InChI=1S/C20H20Cl3NOS/c1-20(2,3)11-24-16-9-8-12(21)10-14(16)17(26-18(23)19(24)25)13-6-4-5-7-15(13)22/h4-10,17-18H,11H2,1-3H3. The number of thioether (sulfide) groups is 1. The van der Waals surface area contributed by atoms with Crippen molar-refractivity contribution in [2.75, 3.05) is 11.4 Å². The van der Waals surface area contributed by atoms with Gasteiger partial charge in [0.25, 0.3) is 5.91 Å². The summed E-state index contributed by atoms with van der Waals surface area (Å²) in [5, 5.41) is 1.10. The number of hydrogen-bond acceptors (Lipinski definition) is 2. The fourth-order valence-corrected chi connectivity index (χ4v) is 5.13. The SMILES string of the molecule is CC(C)(C)CN1C(=O)C(Cl)SC(c2ccccc2Cl)c2cc(Cl)ccc21. The zero-order valence-electron chi connectivity index (χ0n) is 14.8. The molecule has 0 spiro atoms. The average molecular weight is 429 g/mol. The van der Waals surface area contributed by atoms with Crippen molar-refractivity contribution >= 4 is 58.2 Å². The molecule has 0 saturated heterocycles. The highest BCUT2D eigenvalue weighted by atomic mass is 35.5. The molecule has 0 radical (unpaired) electrons. The fourth-order valence-electron chi connectivity index (χ4n) is 3.04. The molecule has 0 aromatic heterocycles. The van der Waals surface area contributed by atoms with E-state index in [0.29, 0.717) is 16.6 Å². The lowest BCUT2D eigenvalue weighted by atomic mass is 9.94. The van der Waals surface area contributed by atoms with E-state index >= 15 is 0 Å². The van der Waals surface area contributed by atoms with Crippen molar-refractivity contribution in [1.82, 2.24) is 0 Å². The minimum Gasteiger partial charge on any atom is -0.310 e. The minimum absolute atomic E-state index is 0.0714. The zero-order valence-corrected chi connectivity index (χ0v) is 17.9. The number of carbonyl (C=O) groups excluding carboxylic acids is 1. The van der Waals surface area contributed by atoms with E-state index in [-0.39, 0.29) is 16.6 Å². The second-order valence-electron chi connectivity index (χ2n) is 7.54. The summed E-state index contributed by atoms with van der Waals surface area (Å²) in [6.45, 7) is 6.87. The van der Waals surface area contributed by atoms with Crippen LogP contribution >= 0.6 is 46.6 Å². The van der Waals surface area contributed by atoms with E-state index in [1.807, 2.05) is 42.5 Å². The van der Waals surface area contributed by atoms with Gasteiger partial charge in [0.05, 0.1) is 5.25 Å². The lowest BCUT2D eigenvalue weighted by Crippen LogP contribution is -2.40. The molecule has 3 rings (SSSR count). The van der Waals surface area contributed by atoms with Crippen LogP contribution in [0.3, 0.4) is 0 Å². The van der Waals surface area contributed by atoms with E-state index < -0.39 is 4.71 Å². The molecule has 0 bridgehead atoms. The van der Waals surface area contributed by atoms with Gasteiger partial charge in [0.1, 0.15) is 0 Å². The Bertz CT molecular complexity index is 834. The van der Waals surface area contributed by atoms with Crippen LogP contribution in [0.15, 0.2) is 42.5 Å². The second kappa shape index (κ2) is 7.63. The van der Waals surface area contributed by atoms with E-state index in [2.05, 4.69) is 20.8 Å². The number of rotatable bonds is 2. The number of fused-ring (bicyclic) bond motifs is 1. The van der Waals surface area contributed by atoms with Crippen molar-refractivity contribution in [1.29, 1.82) is 0 Å². The first-order valence-corrected chi connectivity index (χ1v) is 10.5. The third-order valence-electron chi connectivity index (χ3n) is 4.10. The van der Waals surface area contributed by atoms with E-state index in [9.17, 15) is 4.79 Å². The second-order valence-corrected chi connectivity index (χ2v) is 10.3. The summed E-state index contributed by atoms with van der Waals surface area (Å²) < 4.78 is -0.704. The Balaban J connectivity index is 2.19. The highest BCUT2D eigenvalue weighted by Gasteiger charge is 2.37. The van der Waals surface area contributed by atoms with Gasteiger partial charge in [0.15, 0.2) is 4.71 Å². The molecular formula is C20H20Cl3NOS. The molecule has 26 heavy (non-hydrogen) atoms. The molecular weight excluding hydrogens is 409 g/mol. The van der Waals surface area contributed by atoms with Crippen molar-refractivity contribution in [2.45, 2.75) is 30.7 Å². The highest BCUT2D eigenvalue weighted by Crippen LogP contribution is 2.49. The summed E-state index contributed by atoms with van der Waals surface area (Å²) in [6.07, 6.45) is 0. The minimum atomic E-state index is -0.704. The number of nitrogens with zero attached hydrogens (tertiary/aromatic N) is 1. The molecule has 0 fully saturated rings. The van der Waals surface area contributed by atoms with Gasteiger partial charge in [0.2, 0.25) is 0 Å². The normalized spacial score (nSPS) is 20.7. The number of carbonyl (C=O) groups is 1. The molecule has 2 unspecified atom stereocenters. The van der Waals surface area contributed by atoms with E-state index in [1.165, 1.54) is 11.8 Å². The van der Waals surface area contributed by atoms with Gasteiger partial charge in [-0.1, -0.05) is 62.2 Å². The smallest absolute Gasteiger partial charge is 0.255 e. The van der Waals surface area contributed by atoms with Gasteiger partial charge in [-0.05, 0) is 40.8 Å². The molecule has 1 aliphatic heterocycles. The first kappa shape index (κ1) is 19.9. The molecule has 2 atom stereocenters. The third-order valence-corrected chi connectivity index (χ3v) is 6.39. The Labute approximate surface area is 173 Å². The van der Waals surface area contributed by atoms with Crippen molar-refractivity contribution in [3.8, 4) is 0 Å². The maximum atomic E-state index is 13.0. The van der Waals surface area contributed by atoms with Crippen LogP contribution in [0.4, 0.5) is 5.69 Å².